The summed E-state index contributed by atoms with van der Waals surface area (Å²) in [6.07, 6.45) is 1.08. The van der Waals surface area contributed by atoms with Crippen LogP contribution in [0.15, 0.2) is 16.8 Å². The highest BCUT2D eigenvalue weighted by Crippen LogP contribution is 2.09. The van der Waals surface area contributed by atoms with Crippen molar-refractivity contribution in [3.05, 3.63) is 22.4 Å². The van der Waals surface area contributed by atoms with Gasteiger partial charge in [-0.05, 0) is 48.3 Å². The highest BCUT2D eigenvalue weighted by Gasteiger charge is 2.08. The minimum Gasteiger partial charge on any atom is -0.327 e. The van der Waals surface area contributed by atoms with Crippen LogP contribution in [0.3, 0.4) is 0 Å². The second-order valence-electron chi connectivity index (χ2n) is 4.57. The first-order valence-electron chi connectivity index (χ1n) is 5.54. The van der Waals surface area contributed by atoms with E-state index >= 15 is 0 Å². The van der Waals surface area contributed by atoms with Crippen molar-refractivity contribution in [3.8, 4) is 0 Å². The first-order valence-corrected chi connectivity index (χ1v) is 6.49. The molecule has 1 unspecified atom stereocenters. The third-order valence-corrected chi connectivity index (χ3v) is 3.47. The zero-order valence-electron chi connectivity index (χ0n) is 9.94. The highest BCUT2D eigenvalue weighted by atomic mass is 32.1. The highest BCUT2D eigenvalue weighted by molar-refractivity contribution is 7.07. The summed E-state index contributed by atoms with van der Waals surface area (Å²) in [6.45, 7) is 6.48. The zero-order valence-corrected chi connectivity index (χ0v) is 10.8. The molecule has 0 aliphatic heterocycles. The largest absolute Gasteiger partial charge is 0.327 e. The Balaban J connectivity index is 2.22. The topological polar surface area (TPSA) is 29.3 Å². The molecule has 1 aromatic rings. The fourth-order valence-electron chi connectivity index (χ4n) is 1.48. The van der Waals surface area contributed by atoms with E-state index in [0.29, 0.717) is 12.0 Å². The maximum absolute atomic E-state index is 6.01. The number of hydrogen-bond donors (Lipinski definition) is 1. The van der Waals surface area contributed by atoms with Gasteiger partial charge in [-0.25, -0.2) is 0 Å². The van der Waals surface area contributed by atoms with Crippen molar-refractivity contribution >= 4 is 11.3 Å². The molecule has 0 saturated carbocycles. The molecule has 1 heterocycles. The van der Waals surface area contributed by atoms with Gasteiger partial charge in [-0.3, -0.25) is 0 Å². The molecule has 0 aliphatic rings. The summed E-state index contributed by atoms with van der Waals surface area (Å²) in [7, 11) is 2.16. The molecule has 0 aromatic carbocycles. The molecule has 15 heavy (non-hydrogen) atoms. The molecule has 0 amide bonds. The molecule has 2 nitrogen and oxygen atoms in total. The maximum atomic E-state index is 6.01. The van der Waals surface area contributed by atoms with Gasteiger partial charge in [0.15, 0.2) is 0 Å². The van der Waals surface area contributed by atoms with Crippen LogP contribution in [0.4, 0.5) is 0 Å². The standard InChI is InChI=1S/C12H22N2S/c1-10(2)12(13)4-6-14(3)8-11-5-7-15-9-11/h5,7,9-10,12H,4,6,8,13H2,1-3H3. The number of thiophene rings is 1. The molecular formula is C12H22N2S. The maximum Gasteiger partial charge on any atom is 0.0238 e. The Labute approximate surface area is 97.1 Å². The van der Waals surface area contributed by atoms with Crippen LogP contribution in [0.1, 0.15) is 25.8 Å². The molecule has 1 atom stereocenters. The van der Waals surface area contributed by atoms with E-state index in [2.05, 4.69) is 42.6 Å². The van der Waals surface area contributed by atoms with E-state index in [9.17, 15) is 0 Å². The lowest BCUT2D eigenvalue weighted by Crippen LogP contribution is -2.31. The molecule has 3 heteroatoms. The van der Waals surface area contributed by atoms with E-state index in [0.717, 1.165) is 19.5 Å². The van der Waals surface area contributed by atoms with E-state index in [1.54, 1.807) is 11.3 Å². The van der Waals surface area contributed by atoms with Gasteiger partial charge < -0.3 is 10.6 Å². The van der Waals surface area contributed by atoms with E-state index in [4.69, 9.17) is 5.73 Å². The first-order chi connectivity index (χ1) is 7.09. The quantitative estimate of drug-likeness (QED) is 0.808. The predicted octanol–water partition coefficient (Wildman–Crippen LogP) is 2.55. The van der Waals surface area contributed by atoms with Gasteiger partial charge in [0.2, 0.25) is 0 Å². The average Bonchev–Trinajstić information content (AvgIpc) is 2.66. The van der Waals surface area contributed by atoms with Gasteiger partial charge in [-0.15, -0.1) is 0 Å². The molecule has 0 fully saturated rings. The lowest BCUT2D eigenvalue weighted by atomic mass is 10.0. The summed E-state index contributed by atoms with van der Waals surface area (Å²) in [5, 5.41) is 4.34. The van der Waals surface area contributed by atoms with Crippen molar-refractivity contribution in [2.75, 3.05) is 13.6 Å². The van der Waals surface area contributed by atoms with Crippen LogP contribution in [-0.2, 0) is 6.54 Å². The van der Waals surface area contributed by atoms with Gasteiger partial charge in [0.05, 0.1) is 0 Å². The number of rotatable bonds is 6. The second kappa shape index (κ2) is 6.26. The summed E-state index contributed by atoms with van der Waals surface area (Å²) >= 11 is 1.76. The molecule has 0 aliphatic carbocycles. The molecule has 0 bridgehead atoms. The van der Waals surface area contributed by atoms with E-state index < -0.39 is 0 Å². The van der Waals surface area contributed by atoms with Gasteiger partial charge in [-0.2, -0.15) is 11.3 Å². The van der Waals surface area contributed by atoms with Gasteiger partial charge >= 0.3 is 0 Å². The number of nitrogens with two attached hydrogens (primary N) is 1. The van der Waals surface area contributed by atoms with Gasteiger partial charge in [-0.1, -0.05) is 13.8 Å². The molecular weight excluding hydrogens is 204 g/mol. The van der Waals surface area contributed by atoms with Crippen LogP contribution in [0.2, 0.25) is 0 Å². The van der Waals surface area contributed by atoms with E-state index in [1.165, 1.54) is 5.56 Å². The fourth-order valence-corrected chi connectivity index (χ4v) is 2.14. The summed E-state index contributed by atoms with van der Waals surface area (Å²) in [5.74, 6) is 0.583. The van der Waals surface area contributed by atoms with Crippen molar-refractivity contribution in [2.45, 2.75) is 32.9 Å². The Bertz CT molecular complexity index is 257. The summed E-state index contributed by atoms with van der Waals surface area (Å²) in [6, 6.07) is 2.51. The lowest BCUT2D eigenvalue weighted by molar-refractivity contribution is 0.296. The Morgan fingerprint density at radius 2 is 2.20 bits per heavy atom. The Morgan fingerprint density at radius 1 is 1.47 bits per heavy atom. The third-order valence-electron chi connectivity index (χ3n) is 2.73. The summed E-state index contributed by atoms with van der Waals surface area (Å²) in [5.41, 5.74) is 7.42. The van der Waals surface area contributed by atoms with Gasteiger partial charge in [0.1, 0.15) is 0 Å². The molecule has 0 radical (unpaired) electrons. The van der Waals surface area contributed by atoms with Crippen LogP contribution >= 0.6 is 11.3 Å². The van der Waals surface area contributed by atoms with Crippen LogP contribution < -0.4 is 5.73 Å². The van der Waals surface area contributed by atoms with Crippen molar-refractivity contribution in [3.63, 3.8) is 0 Å². The second-order valence-corrected chi connectivity index (χ2v) is 5.35. The smallest absolute Gasteiger partial charge is 0.0238 e. The minimum atomic E-state index is 0.329. The van der Waals surface area contributed by atoms with Gasteiger partial charge in [0.25, 0.3) is 0 Å². The molecule has 2 N–H and O–H groups in total. The molecule has 1 aromatic heterocycles. The minimum absolute atomic E-state index is 0.329. The molecule has 86 valence electrons. The molecule has 0 spiro atoms. The Kier molecular flexibility index (Phi) is 5.29. The van der Waals surface area contributed by atoms with Gasteiger partial charge in [0, 0.05) is 12.6 Å². The predicted molar refractivity (Wildman–Crippen MR) is 68.1 cm³/mol. The monoisotopic (exact) mass is 226 g/mol. The number of hydrogen-bond acceptors (Lipinski definition) is 3. The zero-order chi connectivity index (χ0) is 11.3. The summed E-state index contributed by atoms with van der Waals surface area (Å²) in [4.78, 5) is 2.34. The van der Waals surface area contributed by atoms with Crippen molar-refractivity contribution in [2.24, 2.45) is 11.7 Å². The van der Waals surface area contributed by atoms with Crippen LogP contribution in [0, 0.1) is 5.92 Å². The Hall–Kier alpha value is -0.380. The first kappa shape index (κ1) is 12.7. The Morgan fingerprint density at radius 3 is 2.73 bits per heavy atom. The van der Waals surface area contributed by atoms with E-state index in [1.807, 2.05) is 0 Å². The van der Waals surface area contributed by atoms with Crippen molar-refractivity contribution in [1.82, 2.24) is 4.90 Å². The van der Waals surface area contributed by atoms with E-state index in [-0.39, 0.29) is 0 Å². The molecule has 0 saturated heterocycles. The van der Waals surface area contributed by atoms with Crippen LogP contribution in [0.25, 0.3) is 0 Å². The normalized spacial score (nSPS) is 13.7. The average molecular weight is 226 g/mol. The van der Waals surface area contributed by atoms with Crippen LogP contribution in [0.5, 0.6) is 0 Å². The fraction of sp³-hybridized carbons (Fsp3) is 0.667. The lowest BCUT2D eigenvalue weighted by Gasteiger charge is -2.20. The van der Waals surface area contributed by atoms with Crippen molar-refractivity contribution in [1.29, 1.82) is 0 Å². The third kappa shape index (κ3) is 4.78. The SMILES string of the molecule is CC(C)C(N)CCN(C)Cc1ccsc1. The molecule has 1 rings (SSSR count). The number of nitrogens with zero attached hydrogens (tertiary/aromatic N) is 1. The van der Waals surface area contributed by atoms with Crippen molar-refractivity contribution < 1.29 is 0 Å². The van der Waals surface area contributed by atoms with Crippen LogP contribution in [-0.4, -0.2) is 24.5 Å². The summed E-state index contributed by atoms with van der Waals surface area (Å²) < 4.78 is 0.